The van der Waals surface area contributed by atoms with Gasteiger partial charge in [0.25, 0.3) is 0 Å². The van der Waals surface area contributed by atoms with Gasteiger partial charge in [-0.25, -0.2) is 0 Å². The van der Waals surface area contributed by atoms with E-state index in [4.69, 9.17) is 5.11 Å². The van der Waals surface area contributed by atoms with Gasteiger partial charge in [0.1, 0.15) is 0 Å². The molecular weight excluding hydrogens is 311 g/mol. The SMILES string of the molecule is CC(=O)Nc1cc(C(F)(F)F)ccc1N1CCN(CCO)CC1. The molecule has 5 nitrogen and oxygen atoms in total. The van der Waals surface area contributed by atoms with Crippen molar-refractivity contribution in [2.24, 2.45) is 0 Å². The highest BCUT2D eigenvalue weighted by atomic mass is 19.4. The van der Waals surface area contributed by atoms with Crippen LogP contribution in [0.2, 0.25) is 0 Å². The van der Waals surface area contributed by atoms with E-state index in [2.05, 4.69) is 10.2 Å². The smallest absolute Gasteiger partial charge is 0.395 e. The average molecular weight is 331 g/mol. The van der Waals surface area contributed by atoms with Gasteiger partial charge in [-0.1, -0.05) is 0 Å². The fraction of sp³-hybridized carbons (Fsp3) is 0.533. The lowest BCUT2D eigenvalue weighted by atomic mass is 10.1. The van der Waals surface area contributed by atoms with E-state index in [1.807, 2.05) is 4.90 Å². The Morgan fingerprint density at radius 3 is 2.43 bits per heavy atom. The number of rotatable bonds is 4. The molecule has 128 valence electrons. The van der Waals surface area contributed by atoms with Crippen LogP contribution in [-0.4, -0.2) is 55.2 Å². The maximum Gasteiger partial charge on any atom is 0.416 e. The molecule has 2 N–H and O–H groups in total. The highest BCUT2D eigenvalue weighted by Gasteiger charge is 2.32. The predicted molar refractivity (Wildman–Crippen MR) is 81.5 cm³/mol. The molecule has 1 fully saturated rings. The monoisotopic (exact) mass is 331 g/mol. The first kappa shape index (κ1) is 17.6. The Bertz CT molecular complexity index is 555. The number of carbonyl (C=O) groups is 1. The van der Waals surface area contributed by atoms with Gasteiger partial charge in [-0.3, -0.25) is 9.69 Å². The van der Waals surface area contributed by atoms with Gasteiger partial charge in [-0.05, 0) is 18.2 Å². The summed E-state index contributed by atoms with van der Waals surface area (Å²) in [7, 11) is 0. The molecule has 1 aromatic rings. The summed E-state index contributed by atoms with van der Waals surface area (Å²) >= 11 is 0. The van der Waals surface area contributed by atoms with Crippen molar-refractivity contribution in [3.63, 3.8) is 0 Å². The first-order chi connectivity index (χ1) is 10.8. The maximum absolute atomic E-state index is 12.9. The molecule has 8 heteroatoms. The van der Waals surface area contributed by atoms with Gasteiger partial charge in [0, 0.05) is 39.6 Å². The molecule has 0 atom stereocenters. The Morgan fingerprint density at radius 2 is 1.91 bits per heavy atom. The number of halogens is 3. The molecule has 1 amide bonds. The van der Waals surface area contributed by atoms with Gasteiger partial charge >= 0.3 is 6.18 Å². The Kier molecular flexibility index (Phi) is 5.48. The maximum atomic E-state index is 12.9. The van der Waals surface area contributed by atoms with E-state index in [9.17, 15) is 18.0 Å². The molecule has 2 rings (SSSR count). The molecule has 0 spiro atoms. The van der Waals surface area contributed by atoms with Gasteiger partial charge in [0.15, 0.2) is 0 Å². The third kappa shape index (κ3) is 4.59. The van der Waals surface area contributed by atoms with Gasteiger partial charge in [0.05, 0.1) is 23.5 Å². The van der Waals surface area contributed by atoms with Gasteiger partial charge in [-0.15, -0.1) is 0 Å². The van der Waals surface area contributed by atoms with E-state index >= 15 is 0 Å². The van der Waals surface area contributed by atoms with Gasteiger partial charge in [0.2, 0.25) is 5.91 Å². The third-order valence-corrected chi connectivity index (χ3v) is 3.76. The molecule has 1 aromatic carbocycles. The summed E-state index contributed by atoms with van der Waals surface area (Å²) in [4.78, 5) is 15.3. The molecule has 0 radical (unpaired) electrons. The van der Waals surface area contributed by atoms with E-state index in [-0.39, 0.29) is 12.3 Å². The van der Waals surface area contributed by atoms with Crippen LogP contribution in [0.4, 0.5) is 24.5 Å². The van der Waals surface area contributed by atoms with Crippen LogP contribution >= 0.6 is 0 Å². The molecule has 1 saturated heterocycles. The molecule has 23 heavy (non-hydrogen) atoms. The highest BCUT2D eigenvalue weighted by molar-refractivity contribution is 5.93. The van der Waals surface area contributed by atoms with E-state index in [1.54, 1.807) is 0 Å². The lowest BCUT2D eigenvalue weighted by Crippen LogP contribution is -2.47. The van der Waals surface area contributed by atoms with Crippen molar-refractivity contribution in [3.05, 3.63) is 23.8 Å². The minimum Gasteiger partial charge on any atom is -0.395 e. The number of nitrogens with one attached hydrogen (secondary N) is 1. The molecule has 1 heterocycles. The number of hydrogen-bond acceptors (Lipinski definition) is 4. The second kappa shape index (κ2) is 7.18. The van der Waals surface area contributed by atoms with Crippen LogP contribution in [0, 0.1) is 0 Å². The van der Waals surface area contributed by atoms with Gasteiger partial charge < -0.3 is 15.3 Å². The lowest BCUT2D eigenvalue weighted by molar-refractivity contribution is -0.137. The van der Waals surface area contributed by atoms with Crippen molar-refractivity contribution in [2.75, 3.05) is 49.5 Å². The number of benzene rings is 1. The zero-order valence-corrected chi connectivity index (χ0v) is 12.9. The summed E-state index contributed by atoms with van der Waals surface area (Å²) in [6.07, 6.45) is -4.45. The zero-order chi connectivity index (χ0) is 17.0. The highest BCUT2D eigenvalue weighted by Crippen LogP contribution is 2.35. The van der Waals surface area contributed by atoms with Gasteiger partial charge in [-0.2, -0.15) is 13.2 Å². The van der Waals surface area contributed by atoms with Crippen molar-refractivity contribution in [3.8, 4) is 0 Å². The third-order valence-electron chi connectivity index (χ3n) is 3.76. The standard InChI is InChI=1S/C15H20F3N3O2/c1-11(23)19-13-10-12(15(16,17)18)2-3-14(13)21-6-4-20(5-7-21)8-9-22/h2-3,10,22H,4-9H2,1H3,(H,19,23). The van der Waals surface area contributed by atoms with Crippen molar-refractivity contribution < 1.29 is 23.1 Å². The van der Waals surface area contributed by atoms with Crippen LogP contribution in [0.1, 0.15) is 12.5 Å². The van der Waals surface area contributed by atoms with E-state index in [1.165, 1.54) is 13.0 Å². The van der Waals surface area contributed by atoms with Crippen LogP contribution in [-0.2, 0) is 11.0 Å². The summed E-state index contributed by atoms with van der Waals surface area (Å²) in [5.41, 5.74) is -0.0382. The molecule has 0 saturated carbocycles. The molecule has 0 unspecified atom stereocenters. The summed E-state index contributed by atoms with van der Waals surface area (Å²) in [6.45, 7) is 4.60. The van der Waals surface area contributed by atoms with E-state index in [0.717, 1.165) is 12.1 Å². The van der Waals surface area contributed by atoms with Crippen molar-refractivity contribution in [1.82, 2.24) is 4.90 Å². The van der Waals surface area contributed by atoms with E-state index < -0.39 is 17.6 Å². The molecular formula is C15H20F3N3O2. The number of nitrogens with zero attached hydrogens (tertiary/aromatic N) is 2. The molecule has 1 aliphatic rings. The van der Waals surface area contributed by atoms with Crippen LogP contribution in [0.15, 0.2) is 18.2 Å². The van der Waals surface area contributed by atoms with Crippen LogP contribution in [0.3, 0.4) is 0 Å². The summed E-state index contributed by atoms with van der Waals surface area (Å²) < 4.78 is 38.6. The number of carbonyl (C=O) groups excluding carboxylic acids is 1. The fourth-order valence-corrected chi connectivity index (χ4v) is 2.63. The van der Waals surface area contributed by atoms with Crippen LogP contribution < -0.4 is 10.2 Å². The molecule has 0 bridgehead atoms. The number of β-amino-alcohol motifs (C(OH)–C–C–N with tert-alkyl or cyclic N) is 1. The molecule has 1 aliphatic heterocycles. The van der Waals surface area contributed by atoms with Crippen molar-refractivity contribution in [1.29, 1.82) is 0 Å². The first-order valence-electron chi connectivity index (χ1n) is 7.38. The number of amides is 1. The van der Waals surface area contributed by atoms with Crippen LogP contribution in [0.25, 0.3) is 0 Å². The van der Waals surface area contributed by atoms with Crippen LogP contribution in [0.5, 0.6) is 0 Å². The average Bonchev–Trinajstić information content (AvgIpc) is 2.47. The Labute approximate surface area is 132 Å². The van der Waals surface area contributed by atoms with Crippen molar-refractivity contribution >= 4 is 17.3 Å². The summed E-state index contributed by atoms with van der Waals surface area (Å²) in [5.74, 6) is -0.413. The Balaban J connectivity index is 2.22. The lowest BCUT2D eigenvalue weighted by Gasteiger charge is -2.36. The second-order valence-corrected chi connectivity index (χ2v) is 5.46. The summed E-state index contributed by atoms with van der Waals surface area (Å²) in [6, 6.07) is 3.40. The Morgan fingerprint density at radius 1 is 1.26 bits per heavy atom. The number of aliphatic hydroxyl groups is 1. The largest absolute Gasteiger partial charge is 0.416 e. The number of anilines is 2. The normalized spacial score (nSPS) is 16.5. The minimum absolute atomic E-state index is 0.0808. The quantitative estimate of drug-likeness (QED) is 0.883. The Hall–Kier alpha value is -1.80. The van der Waals surface area contributed by atoms with E-state index in [0.29, 0.717) is 38.4 Å². The number of hydrogen-bond donors (Lipinski definition) is 2. The summed E-state index contributed by atoms with van der Waals surface area (Å²) in [5, 5.41) is 11.4. The first-order valence-corrected chi connectivity index (χ1v) is 7.38. The molecule has 0 aromatic heterocycles. The number of aliphatic hydroxyl groups excluding tert-OH is 1. The second-order valence-electron chi connectivity index (χ2n) is 5.46. The number of alkyl halides is 3. The number of piperazine rings is 1. The molecule has 0 aliphatic carbocycles. The fourth-order valence-electron chi connectivity index (χ4n) is 2.63. The predicted octanol–water partition coefficient (Wildman–Crippen LogP) is 1.78. The van der Waals surface area contributed by atoms with Crippen molar-refractivity contribution in [2.45, 2.75) is 13.1 Å². The minimum atomic E-state index is -4.45. The topological polar surface area (TPSA) is 55.8 Å². The zero-order valence-electron chi connectivity index (χ0n) is 12.9.